The average Bonchev–Trinajstić information content (AvgIpc) is 3.30. The lowest BCUT2D eigenvalue weighted by atomic mass is 10.1. The number of rotatable bonds is 45. The van der Waals surface area contributed by atoms with E-state index in [9.17, 15) is 14.4 Å². The Hall–Kier alpha value is -4.19. The maximum Gasteiger partial charge on any atom is 0.306 e. The van der Waals surface area contributed by atoms with Crippen molar-refractivity contribution >= 4 is 17.9 Å². The standard InChI is InChI=1S/C59H94O6/c1-4-7-10-13-16-19-22-25-27-28-29-30-32-34-37-40-43-46-49-52-58(61)64-55-56(54-63-57(60)51-48-45-42-39-36-33-24-21-18-15-12-9-6-3)65-59(62)53-50-47-44-41-38-35-31-26-23-20-17-14-11-8-5-2/h7-8,10-11,14,16-17,19-20,23,25-27,29-31,33,35-36,38,56H,4-6,9,12-13,15,18,21-22,24,28,32,34,37,39-55H2,1-3H3/b10-7-,11-8-,17-14-,19-16-,23-20-,27-25-,30-29-,31-26-,36-33-,38-35-. The molecule has 0 aliphatic carbocycles. The molecule has 0 saturated carbocycles. The minimum Gasteiger partial charge on any atom is -0.462 e. The van der Waals surface area contributed by atoms with Crippen molar-refractivity contribution in [2.45, 2.75) is 219 Å². The highest BCUT2D eigenvalue weighted by Crippen LogP contribution is 2.13. The molecule has 1 atom stereocenters. The summed E-state index contributed by atoms with van der Waals surface area (Å²) < 4.78 is 16.7. The first kappa shape index (κ1) is 60.8. The molecule has 0 amide bonds. The van der Waals surface area contributed by atoms with Gasteiger partial charge in [-0.3, -0.25) is 14.4 Å². The van der Waals surface area contributed by atoms with Gasteiger partial charge in [-0.2, -0.15) is 0 Å². The monoisotopic (exact) mass is 899 g/mol. The summed E-state index contributed by atoms with van der Waals surface area (Å²) in [4.78, 5) is 38.0. The molecule has 6 heteroatoms. The summed E-state index contributed by atoms with van der Waals surface area (Å²) in [6, 6.07) is 0. The summed E-state index contributed by atoms with van der Waals surface area (Å²) in [5.74, 6) is -0.989. The van der Waals surface area contributed by atoms with Crippen LogP contribution in [-0.4, -0.2) is 37.2 Å². The van der Waals surface area contributed by atoms with E-state index in [1.807, 2.05) is 48.6 Å². The van der Waals surface area contributed by atoms with Gasteiger partial charge < -0.3 is 14.2 Å². The SMILES string of the molecule is CC\C=C/C=C\C=C/C=C\C=C/CCCCCC(=O)OC(COC(=O)CCCCC/C=C\CCCCCCCC)COC(=O)CCCCCCCC/C=C\C/C=C\C/C=C\C/C=C\CC. The van der Waals surface area contributed by atoms with Crippen molar-refractivity contribution in [1.82, 2.24) is 0 Å². The van der Waals surface area contributed by atoms with Crippen LogP contribution in [0.3, 0.4) is 0 Å². The second-order valence-corrected chi connectivity index (χ2v) is 16.8. The Bertz CT molecular complexity index is 1400. The van der Waals surface area contributed by atoms with Crippen LogP contribution in [0.25, 0.3) is 0 Å². The topological polar surface area (TPSA) is 78.9 Å². The first-order valence-corrected chi connectivity index (χ1v) is 26.1. The molecule has 366 valence electrons. The van der Waals surface area contributed by atoms with E-state index in [2.05, 4.69) is 93.7 Å². The van der Waals surface area contributed by atoms with E-state index in [0.29, 0.717) is 19.3 Å². The van der Waals surface area contributed by atoms with E-state index in [-0.39, 0.29) is 37.5 Å². The molecular weight excluding hydrogens is 805 g/mol. The Labute approximate surface area is 399 Å². The molecule has 0 aromatic carbocycles. The lowest BCUT2D eigenvalue weighted by Crippen LogP contribution is -2.30. The number of esters is 3. The van der Waals surface area contributed by atoms with Crippen LogP contribution in [0.2, 0.25) is 0 Å². The molecular formula is C59H94O6. The first-order chi connectivity index (χ1) is 32.0. The van der Waals surface area contributed by atoms with E-state index in [4.69, 9.17) is 14.2 Å². The molecule has 6 nitrogen and oxygen atoms in total. The van der Waals surface area contributed by atoms with Crippen LogP contribution < -0.4 is 0 Å². The Morgan fingerprint density at radius 2 is 0.677 bits per heavy atom. The Morgan fingerprint density at radius 3 is 1.15 bits per heavy atom. The highest BCUT2D eigenvalue weighted by atomic mass is 16.6. The van der Waals surface area contributed by atoms with Crippen LogP contribution in [0.4, 0.5) is 0 Å². The first-order valence-electron chi connectivity index (χ1n) is 26.1. The van der Waals surface area contributed by atoms with Gasteiger partial charge in [-0.15, -0.1) is 0 Å². The fourth-order valence-electron chi connectivity index (χ4n) is 6.68. The molecule has 0 aromatic rings. The Kier molecular flexibility index (Phi) is 49.1. The Balaban J connectivity index is 4.51. The van der Waals surface area contributed by atoms with Crippen molar-refractivity contribution < 1.29 is 28.6 Å². The molecule has 0 aromatic heterocycles. The number of hydrogen-bond donors (Lipinski definition) is 0. The maximum atomic E-state index is 12.8. The quantitative estimate of drug-likeness (QED) is 0.0199. The van der Waals surface area contributed by atoms with Crippen LogP contribution in [0, 0.1) is 0 Å². The predicted molar refractivity (Wildman–Crippen MR) is 279 cm³/mol. The molecule has 0 rings (SSSR count). The van der Waals surface area contributed by atoms with Crippen molar-refractivity contribution in [2.75, 3.05) is 13.2 Å². The molecule has 0 radical (unpaired) electrons. The zero-order valence-electron chi connectivity index (χ0n) is 41.7. The van der Waals surface area contributed by atoms with Gasteiger partial charge in [-0.05, 0) is 103 Å². The van der Waals surface area contributed by atoms with E-state index < -0.39 is 6.10 Å². The van der Waals surface area contributed by atoms with Crippen molar-refractivity contribution in [1.29, 1.82) is 0 Å². The third-order valence-corrected chi connectivity index (χ3v) is 10.6. The molecule has 0 aliphatic heterocycles. The van der Waals surface area contributed by atoms with E-state index >= 15 is 0 Å². The Morgan fingerprint density at radius 1 is 0.338 bits per heavy atom. The summed E-state index contributed by atoms with van der Waals surface area (Å²) in [5.41, 5.74) is 0. The number of carbonyl (C=O) groups is 3. The number of allylic oxidation sites excluding steroid dienone is 20. The number of ether oxygens (including phenoxy) is 3. The molecule has 0 fully saturated rings. The molecule has 65 heavy (non-hydrogen) atoms. The lowest BCUT2D eigenvalue weighted by molar-refractivity contribution is -0.167. The van der Waals surface area contributed by atoms with Crippen molar-refractivity contribution in [3.05, 3.63) is 122 Å². The zero-order chi connectivity index (χ0) is 47.2. The second-order valence-electron chi connectivity index (χ2n) is 16.8. The molecule has 0 N–H and O–H groups in total. The minimum atomic E-state index is -0.815. The molecule has 1 unspecified atom stereocenters. The van der Waals surface area contributed by atoms with Crippen molar-refractivity contribution in [3.63, 3.8) is 0 Å². The number of hydrogen-bond acceptors (Lipinski definition) is 6. The normalized spacial score (nSPS) is 13.1. The van der Waals surface area contributed by atoms with Crippen molar-refractivity contribution in [3.8, 4) is 0 Å². The van der Waals surface area contributed by atoms with Gasteiger partial charge >= 0.3 is 17.9 Å². The summed E-state index contributed by atoms with van der Waals surface area (Å²) in [5, 5.41) is 0. The largest absolute Gasteiger partial charge is 0.462 e. The van der Waals surface area contributed by atoms with Crippen LogP contribution in [-0.2, 0) is 28.6 Å². The molecule has 0 aliphatic rings. The third-order valence-electron chi connectivity index (χ3n) is 10.6. The number of carbonyl (C=O) groups excluding carboxylic acids is 3. The molecule has 0 heterocycles. The van der Waals surface area contributed by atoms with Gasteiger partial charge in [-0.25, -0.2) is 0 Å². The van der Waals surface area contributed by atoms with Crippen LogP contribution in [0.5, 0.6) is 0 Å². The molecule has 0 bridgehead atoms. The van der Waals surface area contributed by atoms with Gasteiger partial charge in [0.15, 0.2) is 6.10 Å². The third kappa shape index (κ3) is 50.7. The minimum absolute atomic E-state index is 0.111. The fraction of sp³-hybridized carbons (Fsp3) is 0.610. The van der Waals surface area contributed by atoms with Gasteiger partial charge in [-0.1, -0.05) is 213 Å². The predicted octanol–water partition coefficient (Wildman–Crippen LogP) is 17.3. The fourth-order valence-corrected chi connectivity index (χ4v) is 6.68. The van der Waals surface area contributed by atoms with Gasteiger partial charge in [0.25, 0.3) is 0 Å². The highest BCUT2D eigenvalue weighted by molar-refractivity contribution is 5.71. The summed E-state index contributed by atoms with van der Waals surface area (Å²) in [6.07, 6.45) is 71.8. The van der Waals surface area contributed by atoms with Gasteiger partial charge in [0, 0.05) is 19.3 Å². The van der Waals surface area contributed by atoms with Crippen LogP contribution in [0.15, 0.2) is 122 Å². The van der Waals surface area contributed by atoms with E-state index in [0.717, 1.165) is 116 Å². The summed E-state index contributed by atoms with van der Waals surface area (Å²) in [7, 11) is 0. The molecule has 0 saturated heterocycles. The number of unbranched alkanes of at least 4 members (excludes halogenated alkanes) is 18. The zero-order valence-corrected chi connectivity index (χ0v) is 41.7. The van der Waals surface area contributed by atoms with Gasteiger partial charge in [0.2, 0.25) is 0 Å². The van der Waals surface area contributed by atoms with Crippen molar-refractivity contribution in [2.24, 2.45) is 0 Å². The van der Waals surface area contributed by atoms with Gasteiger partial charge in [0.1, 0.15) is 13.2 Å². The summed E-state index contributed by atoms with van der Waals surface area (Å²) >= 11 is 0. The average molecular weight is 899 g/mol. The smallest absolute Gasteiger partial charge is 0.306 e. The van der Waals surface area contributed by atoms with Gasteiger partial charge in [0.05, 0.1) is 0 Å². The highest BCUT2D eigenvalue weighted by Gasteiger charge is 2.19. The maximum absolute atomic E-state index is 12.8. The second kappa shape index (κ2) is 52.4. The summed E-state index contributed by atoms with van der Waals surface area (Å²) in [6.45, 7) is 6.30. The van der Waals surface area contributed by atoms with Crippen LogP contribution in [0.1, 0.15) is 213 Å². The van der Waals surface area contributed by atoms with Crippen LogP contribution >= 0.6 is 0 Å². The lowest BCUT2D eigenvalue weighted by Gasteiger charge is -2.18. The van der Waals surface area contributed by atoms with E-state index in [1.54, 1.807) is 0 Å². The molecule has 0 spiro atoms. The van der Waals surface area contributed by atoms with E-state index in [1.165, 1.54) is 51.4 Å².